The Hall–Kier alpha value is -3.85. The van der Waals surface area contributed by atoms with Gasteiger partial charge in [0.2, 0.25) is 0 Å². The molecular weight excluding hydrogens is 340 g/mol. The summed E-state index contributed by atoms with van der Waals surface area (Å²) >= 11 is 0. The number of rotatable bonds is 4. The molecule has 0 saturated carbocycles. The number of hydrogen-bond donors (Lipinski definition) is 2. The lowest BCUT2D eigenvalue weighted by Gasteiger charge is -2.10. The van der Waals surface area contributed by atoms with Gasteiger partial charge in [0.1, 0.15) is 5.69 Å². The van der Waals surface area contributed by atoms with E-state index in [1.165, 1.54) is 0 Å². The van der Waals surface area contributed by atoms with Crippen LogP contribution in [0.1, 0.15) is 28.4 Å². The standard InChI is InChI=1S/C21H16N4O2/c1-2-16-13(11-22)4-3-5-17(16)21(26)23-15-6-7-19-18(10-15)20(25-24-19)14-8-9-27-12-14/h3-10,12H,2H2,1H3,(H,23,26)(H,24,25). The minimum atomic E-state index is -0.239. The van der Waals surface area contributed by atoms with Crippen molar-refractivity contribution in [2.45, 2.75) is 13.3 Å². The van der Waals surface area contributed by atoms with E-state index in [1.54, 1.807) is 30.7 Å². The van der Waals surface area contributed by atoms with Gasteiger partial charge in [-0.25, -0.2) is 0 Å². The fourth-order valence-corrected chi connectivity index (χ4v) is 3.19. The molecule has 6 heteroatoms. The van der Waals surface area contributed by atoms with E-state index < -0.39 is 0 Å². The molecule has 2 N–H and O–H groups in total. The van der Waals surface area contributed by atoms with E-state index in [-0.39, 0.29) is 5.91 Å². The van der Waals surface area contributed by atoms with Crippen molar-refractivity contribution in [1.29, 1.82) is 5.26 Å². The summed E-state index contributed by atoms with van der Waals surface area (Å²) in [6.45, 7) is 1.93. The van der Waals surface area contributed by atoms with Crippen molar-refractivity contribution in [2.24, 2.45) is 0 Å². The fraction of sp³-hybridized carbons (Fsp3) is 0.0952. The molecule has 4 aromatic rings. The number of benzene rings is 2. The van der Waals surface area contributed by atoms with E-state index in [0.29, 0.717) is 23.2 Å². The van der Waals surface area contributed by atoms with Gasteiger partial charge >= 0.3 is 0 Å². The molecule has 0 bridgehead atoms. The molecule has 6 nitrogen and oxygen atoms in total. The SMILES string of the molecule is CCc1c(C#N)cccc1C(=O)Nc1ccc2[nH]nc(-c3ccoc3)c2c1. The van der Waals surface area contributed by atoms with E-state index in [2.05, 4.69) is 21.6 Å². The van der Waals surface area contributed by atoms with Crippen LogP contribution in [0.25, 0.3) is 22.2 Å². The van der Waals surface area contributed by atoms with Gasteiger partial charge in [0, 0.05) is 22.2 Å². The largest absolute Gasteiger partial charge is 0.472 e. The quantitative estimate of drug-likeness (QED) is 0.562. The van der Waals surface area contributed by atoms with Gasteiger partial charge in [-0.15, -0.1) is 0 Å². The minimum absolute atomic E-state index is 0.239. The summed E-state index contributed by atoms with van der Waals surface area (Å²) in [5.74, 6) is -0.239. The van der Waals surface area contributed by atoms with Gasteiger partial charge in [-0.3, -0.25) is 9.89 Å². The van der Waals surface area contributed by atoms with Gasteiger partial charge in [0.15, 0.2) is 0 Å². The molecule has 27 heavy (non-hydrogen) atoms. The van der Waals surface area contributed by atoms with E-state index in [1.807, 2.05) is 31.2 Å². The second-order valence-corrected chi connectivity index (χ2v) is 6.10. The summed E-state index contributed by atoms with van der Waals surface area (Å²) in [6, 6.07) is 14.7. The lowest BCUT2D eigenvalue weighted by molar-refractivity contribution is 0.102. The third kappa shape index (κ3) is 2.96. The molecule has 2 aromatic carbocycles. The predicted molar refractivity (Wildman–Crippen MR) is 102 cm³/mol. The maximum atomic E-state index is 12.8. The number of hydrogen-bond acceptors (Lipinski definition) is 4. The van der Waals surface area contributed by atoms with Crippen LogP contribution >= 0.6 is 0 Å². The smallest absolute Gasteiger partial charge is 0.255 e. The third-order valence-corrected chi connectivity index (χ3v) is 4.51. The van der Waals surface area contributed by atoms with Crippen LogP contribution in [-0.4, -0.2) is 16.1 Å². The summed E-state index contributed by atoms with van der Waals surface area (Å²) < 4.78 is 5.14. The van der Waals surface area contributed by atoms with Crippen LogP contribution in [0.15, 0.2) is 59.4 Å². The number of aromatic amines is 1. The second kappa shape index (κ2) is 6.81. The Kier molecular flexibility index (Phi) is 4.19. The number of anilines is 1. The molecule has 0 aliphatic rings. The average molecular weight is 356 g/mol. The van der Waals surface area contributed by atoms with Crippen molar-refractivity contribution < 1.29 is 9.21 Å². The number of nitriles is 1. The van der Waals surface area contributed by atoms with Gasteiger partial charge in [-0.1, -0.05) is 13.0 Å². The maximum absolute atomic E-state index is 12.8. The molecule has 132 valence electrons. The zero-order valence-electron chi connectivity index (χ0n) is 14.6. The molecule has 0 aliphatic heterocycles. The van der Waals surface area contributed by atoms with Crippen LogP contribution < -0.4 is 5.32 Å². The Morgan fingerprint density at radius 2 is 2.19 bits per heavy atom. The number of fused-ring (bicyclic) bond motifs is 1. The van der Waals surface area contributed by atoms with Crippen LogP contribution in [-0.2, 0) is 6.42 Å². The Morgan fingerprint density at radius 3 is 2.93 bits per heavy atom. The molecule has 0 saturated heterocycles. The minimum Gasteiger partial charge on any atom is -0.472 e. The van der Waals surface area contributed by atoms with Crippen molar-refractivity contribution in [3.8, 4) is 17.3 Å². The molecule has 2 aromatic heterocycles. The molecule has 1 amide bonds. The zero-order valence-corrected chi connectivity index (χ0v) is 14.6. The summed E-state index contributed by atoms with van der Waals surface area (Å²) in [6.07, 6.45) is 3.83. The van der Waals surface area contributed by atoms with E-state index in [9.17, 15) is 10.1 Å². The van der Waals surface area contributed by atoms with Gasteiger partial charge in [0.05, 0.1) is 29.7 Å². The molecule has 4 rings (SSSR count). The number of nitrogens with one attached hydrogen (secondary N) is 2. The normalized spacial score (nSPS) is 10.7. The van der Waals surface area contributed by atoms with E-state index in [0.717, 1.165) is 27.7 Å². The number of furan rings is 1. The summed E-state index contributed by atoms with van der Waals surface area (Å²) in [4.78, 5) is 12.8. The molecule has 0 unspecified atom stereocenters. The number of nitrogens with zero attached hydrogens (tertiary/aromatic N) is 2. The Balaban J connectivity index is 1.69. The summed E-state index contributed by atoms with van der Waals surface area (Å²) in [5, 5.41) is 20.4. The van der Waals surface area contributed by atoms with Crippen LogP contribution in [0.2, 0.25) is 0 Å². The number of amides is 1. The highest BCUT2D eigenvalue weighted by Gasteiger charge is 2.15. The number of H-pyrrole nitrogens is 1. The second-order valence-electron chi connectivity index (χ2n) is 6.10. The van der Waals surface area contributed by atoms with Crippen molar-refractivity contribution in [3.63, 3.8) is 0 Å². The third-order valence-electron chi connectivity index (χ3n) is 4.51. The predicted octanol–water partition coefficient (Wildman–Crippen LogP) is 4.51. The Bertz CT molecular complexity index is 1170. The molecule has 0 aliphatic carbocycles. The first-order valence-corrected chi connectivity index (χ1v) is 8.55. The van der Waals surface area contributed by atoms with E-state index >= 15 is 0 Å². The first-order chi connectivity index (χ1) is 13.2. The molecule has 0 atom stereocenters. The zero-order chi connectivity index (χ0) is 18.8. The van der Waals surface area contributed by atoms with Crippen molar-refractivity contribution in [1.82, 2.24) is 10.2 Å². The van der Waals surface area contributed by atoms with Gasteiger partial charge in [-0.05, 0) is 48.4 Å². The lowest BCUT2D eigenvalue weighted by atomic mass is 9.99. The number of carbonyl (C=O) groups is 1. The number of aromatic nitrogens is 2. The molecule has 0 spiro atoms. The monoisotopic (exact) mass is 356 g/mol. The van der Waals surface area contributed by atoms with Crippen molar-refractivity contribution >= 4 is 22.5 Å². The molecular formula is C21H16N4O2. The Labute approximate surface area is 155 Å². The first-order valence-electron chi connectivity index (χ1n) is 8.55. The Morgan fingerprint density at radius 1 is 1.30 bits per heavy atom. The molecule has 0 radical (unpaired) electrons. The van der Waals surface area contributed by atoms with Crippen LogP contribution in [0.3, 0.4) is 0 Å². The maximum Gasteiger partial charge on any atom is 0.255 e. The van der Waals surface area contributed by atoms with Gasteiger partial charge < -0.3 is 9.73 Å². The highest BCUT2D eigenvalue weighted by Crippen LogP contribution is 2.29. The highest BCUT2D eigenvalue weighted by molar-refractivity contribution is 6.07. The van der Waals surface area contributed by atoms with Crippen LogP contribution in [0, 0.1) is 11.3 Å². The molecule has 2 heterocycles. The van der Waals surface area contributed by atoms with Gasteiger partial charge in [0.25, 0.3) is 5.91 Å². The van der Waals surface area contributed by atoms with E-state index in [4.69, 9.17) is 4.42 Å². The molecule has 0 fully saturated rings. The highest BCUT2D eigenvalue weighted by atomic mass is 16.3. The van der Waals surface area contributed by atoms with Gasteiger partial charge in [-0.2, -0.15) is 10.4 Å². The van der Waals surface area contributed by atoms with Crippen molar-refractivity contribution in [2.75, 3.05) is 5.32 Å². The fourth-order valence-electron chi connectivity index (χ4n) is 3.19. The van der Waals surface area contributed by atoms with Crippen molar-refractivity contribution in [3.05, 3.63) is 71.7 Å². The first kappa shape index (κ1) is 16.6. The topological polar surface area (TPSA) is 94.7 Å². The summed E-state index contributed by atoms with van der Waals surface area (Å²) in [5.41, 5.74) is 4.93. The van der Waals surface area contributed by atoms with Crippen LogP contribution in [0.5, 0.6) is 0 Å². The number of carbonyl (C=O) groups excluding carboxylic acids is 1. The van der Waals surface area contributed by atoms with Crippen LogP contribution in [0.4, 0.5) is 5.69 Å². The average Bonchev–Trinajstić information content (AvgIpc) is 3.36. The summed E-state index contributed by atoms with van der Waals surface area (Å²) in [7, 11) is 0. The lowest BCUT2D eigenvalue weighted by Crippen LogP contribution is -2.14.